The predicted octanol–water partition coefficient (Wildman–Crippen LogP) is 6.81. The van der Waals surface area contributed by atoms with Crippen LogP contribution in [0.5, 0.6) is 0 Å². The first kappa shape index (κ1) is 30.1. The third-order valence-corrected chi connectivity index (χ3v) is 8.70. The van der Waals surface area contributed by atoms with Crippen molar-refractivity contribution < 1.29 is 23.5 Å². The summed E-state index contributed by atoms with van der Waals surface area (Å²) >= 11 is 2.63. The van der Waals surface area contributed by atoms with Gasteiger partial charge < -0.3 is 20.3 Å². The lowest BCUT2D eigenvalue weighted by molar-refractivity contribution is -0.115. The van der Waals surface area contributed by atoms with Crippen molar-refractivity contribution in [2.45, 2.75) is 62.8 Å². The fourth-order valence-electron chi connectivity index (χ4n) is 4.26. The van der Waals surface area contributed by atoms with Crippen molar-refractivity contribution in [3.05, 3.63) is 75.9 Å². The third-order valence-electron chi connectivity index (χ3n) is 6.21. The Morgan fingerprint density at radius 2 is 1.93 bits per heavy atom. The van der Waals surface area contributed by atoms with Crippen LogP contribution in [-0.4, -0.2) is 40.2 Å². The van der Waals surface area contributed by atoms with Gasteiger partial charge in [0.2, 0.25) is 5.91 Å². The summed E-state index contributed by atoms with van der Waals surface area (Å²) in [6.07, 6.45) is 0.610. The minimum absolute atomic E-state index is 0.0578. The van der Waals surface area contributed by atoms with Crippen molar-refractivity contribution in [3.8, 4) is 6.07 Å². The quantitative estimate of drug-likeness (QED) is 0.291. The first-order chi connectivity index (χ1) is 19.5. The number of benzene rings is 2. The van der Waals surface area contributed by atoms with E-state index in [0.717, 1.165) is 15.3 Å². The van der Waals surface area contributed by atoms with E-state index in [1.165, 1.54) is 41.3 Å². The van der Waals surface area contributed by atoms with Crippen molar-refractivity contribution in [1.29, 1.82) is 5.26 Å². The standard InChI is InChI=1S/C30H31FN4O4S2/c1-5-24(40-19-10-8-9-18(15-19)33-26(36)21-11-6-7-12-23(21)31)27(37)34-28-22(16-32)20-13-14-35(17-25(20)41-28)29(38)39-30(2,3)4/h6-12,15,24H,5,13-14,17H2,1-4H3,(H,33,36)(H,34,37). The summed E-state index contributed by atoms with van der Waals surface area (Å²) in [6, 6.07) is 15.0. The summed E-state index contributed by atoms with van der Waals surface area (Å²) in [7, 11) is 0. The Kier molecular flexibility index (Phi) is 9.35. The molecule has 0 saturated carbocycles. The molecule has 1 aliphatic rings. The Morgan fingerprint density at radius 1 is 1.17 bits per heavy atom. The van der Waals surface area contributed by atoms with E-state index < -0.39 is 28.7 Å². The van der Waals surface area contributed by atoms with Gasteiger partial charge in [0, 0.05) is 22.0 Å². The smallest absolute Gasteiger partial charge is 0.410 e. The van der Waals surface area contributed by atoms with Crippen molar-refractivity contribution in [3.63, 3.8) is 0 Å². The van der Waals surface area contributed by atoms with Gasteiger partial charge in [0.05, 0.1) is 22.9 Å². The zero-order valence-electron chi connectivity index (χ0n) is 23.2. The van der Waals surface area contributed by atoms with E-state index in [9.17, 15) is 24.0 Å². The maximum atomic E-state index is 14.0. The summed E-state index contributed by atoms with van der Waals surface area (Å²) in [5, 5.41) is 15.5. The molecule has 3 aromatic rings. The van der Waals surface area contributed by atoms with Gasteiger partial charge in [-0.1, -0.05) is 25.1 Å². The highest BCUT2D eigenvalue weighted by Gasteiger charge is 2.31. The molecule has 0 saturated heterocycles. The van der Waals surface area contributed by atoms with E-state index >= 15 is 0 Å². The van der Waals surface area contributed by atoms with Crippen LogP contribution in [0.25, 0.3) is 0 Å². The third kappa shape index (κ3) is 7.45. The van der Waals surface area contributed by atoms with Gasteiger partial charge in [-0.3, -0.25) is 9.59 Å². The molecule has 8 nitrogen and oxygen atoms in total. The minimum Gasteiger partial charge on any atom is -0.444 e. The van der Waals surface area contributed by atoms with Crippen molar-refractivity contribution >= 4 is 51.7 Å². The zero-order valence-corrected chi connectivity index (χ0v) is 24.9. The molecule has 3 amide bonds. The molecular weight excluding hydrogens is 563 g/mol. The maximum Gasteiger partial charge on any atom is 0.410 e. The van der Waals surface area contributed by atoms with Crippen LogP contribution in [0.2, 0.25) is 0 Å². The number of carbonyl (C=O) groups is 3. The SMILES string of the molecule is CCC(Sc1cccc(NC(=O)c2ccccc2F)c1)C(=O)Nc1sc2c(c1C#N)CCN(C(=O)OC(C)(C)C)C2. The summed E-state index contributed by atoms with van der Waals surface area (Å²) in [4.78, 5) is 41.6. The predicted molar refractivity (Wildman–Crippen MR) is 159 cm³/mol. The molecule has 2 heterocycles. The van der Waals surface area contributed by atoms with E-state index in [0.29, 0.717) is 42.2 Å². The zero-order chi connectivity index (χ0) is 29.7. The number of fused-ring (bicyclic) bond motifs is 1. The second kappa shape index (κ2) is 12.7. The molecule has 0 radical (unpaired) electrons. The number of nitriles is 1. The second-order valence-corrected chi connectivity index (χ2v) is 12.8. The van der Waals surface area contributed by atoms with Crippen molar-refractivity contribution in [2.24, 2.45) is 0 Å². The number of anilines is 2. The Bertz CT molecular complexity index is 1510. The number of thioether (sulfide) groups is 1. The van der Waals surface area contributed by atoms with Crippen LogP contribution in [0.3, 0.4) is 0 Å². The number of halogens is 1. The Hall–Kier alpha value is -3.88. The monoisotopic (exact) mass is 594 g/mol. The summed E-state index contributed by atoms with van der Waals surface area (Å²) in [5.41, 5.74) is 1.09. The number of hydrogen-bond donors (Lipinski definition) is 2. The van der Waals surface area contributed by atoms with E-state index in [1.54, 1.807) is 29.2 Å². The first-order valence-electron chi connectivity index (χ1n) is 13.1. The van der Waals surface area contributed by atoms with Gasteiger partial charge in [-0.05, 0) is 69.5 Å². The lowest BCUT2D eigenvalue weighted by atomic mass is 10.0. The second-order valence-electron chi connectivity index (χ2n) is 10.4. The highest BCUT2D eigenvalue weighted by atomic mass is 32.2. The Labute approximate surface area is 246 Å². The molecule has 2 aromatic carbocycles. The number of amides is 3. The van der Waals surface area contributed by atoms with Crippen LogP contribution in [0.15, 0.2) is 53.4 Å². The van der Waals surface area contributed by atoms with E-state index in [1.807, 2.05) is 33.8 Å². The molecule has 0 aliphatic carbocycles. The van der Waals surface area contributed by atoms with Gasteiger partial charge in [-0.25, -0.2) is 9.18 Å². The number of hydrogen-bond acceptors (Lipinski definition) is 7. The lowest BCUT2D eigenvalue weighted by Gasteiger charge is -2.29. The molecule has 1 aromatic heterocycles. The summed E-state index contributed by atoms with van der Waals surface area (Å²) in [6.45, 7) is 8.08. The Balaban J connectivity index is 1.44. The molecular formula is C30H31FN4O4S2. The minimum atomic E-state index is -0.610. The molecule has 1 aliphatic heterocycles. The fraction of sp³-hybridized carbons (Fsp3) is 0.333. The molecule has 11 heteroatoms. The van der Waals surface area contributed by atoms with Crippen molar-refractivity contribution in [1.82, 2.24) is 4.90 Å². The van der Waals surface area contributed by atoms with Gasteiger partial charge >= 0.3 is 6.09 Å². The molecule has 214 valence electrons. The highest BCUT2D eigenvalue weighted by molar-refractivity contribution is 8.00. The van der Waals surface area contributed by atoms with Gasteiger partial charge in [-0.2, -0.15) is 5.26 Å². The molecule has 0 fully saturated rings. The largest absolute Gasteiger partial charge is 0.444 e. The Morgan fingerprint density at radius 3 is 2.61 bits per heavy atom. The van der Waals surface area contributed by atoms with Gasteiger partial charge in [0.25, 0.3) is 5.91 Å². The average Bonchev–Trinajstić information content (AvgIpc) is 3.27. The summed E-state index contributed by atoms with van der Waals surface area (Å²) < 4.78 is 19.5. The van der Waals surface area contributed by atoms with Crippen LogP contribution in [-0.2, 0) is 22.5 Å². The van der Waals surface area contributed by atoms with E-state index in [2.05, 4.69) is 16.7 Å². The molecule has 41 heavy (non-hydrogen) atoms. The average molecular weight is 595 g/mol. The molecule has 4 rings (SSSR count). The molecule has 1 unspecified atom stereocenters. The van der Waals surface area contributed by atoms with Gasteiger partial charge in [-0.15, -0.1) is 23.1 Å². The normalized spacial score (nSPS) is 13.5. The fourth-order valence-corrected chi connectivity index (χ4v) is 6.49. The van der Waals surface area contributed by atoms with Crippen LogP contribution in [0.4, 0.5) is 19.9 Å². The number of rotatable bonds is 7. The maximum absolute atomic E-state index is 14.0. The number of carbonyl (C=O) groups excluding carboxylic acids is 3. The number of thiophene rings is 1. The van der Waals surface area contributed by atoms with Crippen molar-refractivity contribution in [2.75, 3.05) is 17.2 Å². The summed E-state index contributed by atoms with van der Waals surface area (Å²) in [5.74, 6) is -1.42. The van der Waals surface area contributed by atoms with Gasteiger partial charge in [0.15, 0.2) is 0 Å². The molecule has 0 bridgehead atoms. The van der Waals surface area contributed by atoms with Gasteiger partial charge in [0.1, 0.15) is 22.5 Å². The lowest BCUT2D eigenvalue weighted by Crippen LogP contribution is -2.39. The molecule has 1 atom stereocenters. The topological polar surface area (TPSA) is 112 Å². The van der Waals surface area contributed by atoms with Crippen LogP contribution >= 0.6 is 23.1 Å². The van der Waals surface area contributed by atoms with Crippen LogP contribution in [0, 0.1) is 17.1 Å². The highest BCUT2D eigenvalue weighted by Crippen LogP contribution is 2.38. The number of nitrogens with one attached hydrogen (secondary N) is 2. The first-order valence-corrected chi connectivity index (χ1v) is 14.8. The molecule has 0 spiro atoms. The van der Waals surface area contributed by atoms with E-state index in [-0.39, 0.29) is 11.5 Å². The van der Waals surface area contributed by atoms with E-state index in [4.69, 9.17) is 4.74 Å². The number of ether oxygens (including phenoxy) is 1. The molecule has 2 N–H and O–H groups in total. The number of nitrogens with zero attached hydrogens (tertiary/aromatic N) is 2. The van der Waals surface area contributed by atoms with Crippen LogP contribution in [0.1, 0.15) is 60.5 Å². The van der Waals surface area contributed by atoms with Crippen LogP contribution < -0.4 is 10.6 Å².